The molecular formula is C32H35Cl2N4O4S+. The summed E-state index contributed by atoms with van der Waals surface area (Å²) in [5, 5.41) is 15.4. The molecule has 11 heteroatoms. The molecule has 2 saturated heterocycles. The molecule has 0 saturated carbocycles. The Balaban J connectivity index is 1.50. The molecule has 1 unspecified atom stereocenters. The van der Waals surface area contributed by atoms with Gasteiger partial charge in [0.2, 0.25) is 6.04 Å². The van der Waals surface area contributed by atoms with Crippen LogP contribution < -0.4 is 5.32 Å². The number of hydrogen-bond donors (Lipinski definition) is 2. The summed E-state index contributed by atoms with van der Waals surface area (Å²) in [5.41, 5.74) is 1.95. The number of carbonyl (C=O) groups excluding carboxylic acids is 2. The Bertz CT molecular complexity index is 1540. The van der Waals surface area contributed by atoms with Crippen molar-refractivity contribution in [1.29, 1.82) is 0 Å². The number of aliphatic imine (C=N–C) groups is 1. The highest BCUT2D eigenvalue weighted by atomic mass is 35.5. The highest BCUT2D eigenvalue weighted by Crippen LogP contribution is 2.57. The van der Waals surface area contributed by atoms with Gasteiger partial charge in [0.05, 0.1) is 12.6 Å². The van der Waals surface area contributed by atoms with Crippen LogP contribution in [0.5, 0.6) is 0 Å². The lowest BCUT2D eigenvalue weighted by Gasteiger charge is -2.38. The number of allylic oxidation sites excluding steroid dienone is 1. The van der Waals surface area contributed by atoms with Gasteiger partial charge in [-0.3, -0.25) is 0 Å². The van der Waals surface area contributed by atoms with Crippen molar-refractivity contribution in [2.75, 3.05) is 13.1 Å². The number of benzene rings is 2. The van der Waals surface area contributed by atoms with E-state index in [1.165, 1.54) is 11.8 Å². The fraction of sp³-hybridized carbons (Fsp3) is 0.438. The van der Waals surface area contributed by atoms with E-state index in [2.05, 4.69) is 17.1 Å². The zero-order valence-electron chi connectivity index (χ0n) is 24.3. The summed E-state index contributed by atoms with van der Waals surface area (Å²) in [5.74, 6) is -2.00. The van der Waals surface area contributed by atoms with Gasteiger partial charge in [-0.05, 0) is 79.4 Å². The Labute approximate surface area is 265 Å². The molecule has 0 aliphatic carbocycles. The maximum atomic E-state index is 14.9. The number of likely N-dealkylation sites (tertiary alicyclic amines) is 1. The smallest absolute Gasteiger partial charge is 0.363 e. The summed E-state index contributed by atoms with van der Waals surface area (Å²) in [6, 6.07) is 13.3. The Hall–Kier alpha value is -2.69. The Kier molecular flexibility index (Phi) is 8.01. The summed E-state index contributed by atoms with van der Waals surface area (Å²) in [6.07, 6.45) is 2.18. The second-order valence-corrected chi connectivity index (χ2v) is 14.1. The summed E-state index contributed by atoms with van der Waals surface area (Å²) >= 11 is 13.8. The minimum Gasteiger partial charge on any atom is -0.477 e. The topological polar surface area (TPSA) is 99.1 Å². The molecule has 2 N–H and O–H groups in total. The lowest BCUT2D eigenvalue weighted by atomic mass is 9.81. The van der Waals surface area contributed by atoms with E-state index in [4.69, 9.17) is 28.2 Å². The predicted octanol–water partition coefficient (Wildman–Crippen LogP) is 6.10. The highest BCUT2D eigenvalue weighted by molar-refractivity contribution is 8.18. The molecule has 0 spiro atoms. The Morgan fingerprint density at radius 2 is 1.70 bits per heavy atom. The van der Waals surface area contributed by atoms with E-state index in [1.807, 2.05) is 62.4 Å². The Morgan fingerprint density at radius 1 is 1.05 bits per heavy atom. The van der Waals surface area contributed by atoms with E-state index in [-0.39, 0.29) is 30.8 Å². The van der Waals surface area contributed by atoms with Crippen LogP contribution >= 0.6 is 35.0 Å². The number of rotatable bonds is 6. The quantitative estimate of drug-likeness (QED) is 0.290. The summed E-state index contributed by atoms with van der Waals surface area (Å²) in [4.78, 5) is 49.4. The first-order chi connectivity index (χ1) is 20.5. The van der Waals surface area contributed by atoms with E-state index in [9.17, 15) is 19.5 Å². The van der Waals surface area contributed by atoms with Crippen LogP contribution in [0.3, 0.4) is 0 Å². The first-order valence-electron chi connectivity index (χ1n) is 14.7. The molecule has 2 fully saturated rings. The maximum absolute atomic E-state index is 14.9. The zero-order chi connectivity index (χ0) is 30.7. The van der Waals surface area contributed by atoms with Gasteiger partial charge in [-0.2, -0.15) is 4.48 Å². The third-order valence-electron chi connectivity index (χ3n) is 9.29. The van der Waals surface area contributed by atoms with Gasteiger partial charge in [0.1, 0.15) is 16.5 Å². The van der Waals surface area contributed by atoms with Crippen molar-refractivity contribution in [3.05, 3.63) is 80.3 Å². The van der Waals surface area contributed by atoms with E-state index >= 15 is 0 Å². The summed E-state index contributed by atoms with van der Waals surface area (Å²) in [7, 11) is 0. The average Bonchev–Trinajstić information content (AvgIpc) is 3.76. The van der Waals surface area contributed by atoms with Gasteiger partial charge < -0.3 is 15.3 Å². The molecular weight excluding hydrogens is 607 g/mol. The van der Waals surface area contributed by atoms with Gasteiger partial charge in [0.25, 0.3) is 0 Å². The number of nitrogens with one attached hydrogen (secondary N) is 1. The van der Waals surface area contributed by atoms with Gasteiger partial charge >= 0.3 is 17.8 Å². The van der Waals surface area contributed by atoms with Gasteiger partial charge in [0.15, 0.2) is 5.17 Å². The van der Waals surface area contributed by atoms with E-state index in [0.717, 1.165) is 23.2 Å². The van der Waals surface area contributed by atoms with Crippen LogP contribution in [0.4, 0.5) is 0 Å². The van der Waals surface area contributed by atoms with Crippen molar-refractivity contribution in [3.8, 4) is 0 Å². The molecule has 8 nitrogen and oxygen atoms in total. The molecule has 4 aliphatic heterocycles. The number of carbonyl (C=O) groups is 3. The molecule has 43 heavy (non-hydrogen) atoms. The second kappa shape index (κ2) is 11.3. The van der Waals surface area contributed by atoms with Crippen molar-refractivity contribution < 1.29 is 24.0 Å². The van der Waals surface area contributed by atoms with Crippen molar-refractivity contribution in [3.63, 3.8) is 0 Å². The summed E-state index contributed by atoms with van der Waals surface area (Å²) < 4.78 is -0.688. The van der Waals surface area contributed by atoms with Crippen molar-refractivity contribution >= 4 is 57.9 Å². The maximum Gasteiger partial charge on any atom is 0.363 e. The minimum atomic E-state index is -1.12. The van der Waals surface area contributed by atoms with Crippen LogP contribution in [0.15, 0.2) is 64.1 Å². The lowest BCUT2D eigenvalue weighted by Crippen LogP contribution is -2.66. The van der Waals surface area contributed by atoms with Gasteiger partial charge in [-0.15, -0.1) is 0 Å². The van der Waals surface area contributed by atoms with E-state index in [0.29, 0.717) is 39.5 Å². The molecule has 0 radical (unpaired) electrons. The molecule has 4 heterocycles. The van der Waals surface area contributed by atoms with Crippen LogP contribution in [0, 0.1) is 5.92 Å². The minimum absolute atomic E-state index is 0.118. The van der Waals surface area contributed by atoms with Crippen LogP contribution in [0.1, 0.15) is 63.6 Å². The number of halogens is 2. The number of quaternary nitrogens is 1. The monoisotopic (exact) mass is 641 g/mol. The first-order valence-corrected chi connectivity index (χ1v) is 16.3. The van der Waals surface area contributed by atoms with E-state index < -0.39 is 34.0 Å². The molecule has 0 aromatic heterocycles. The third kappa shape index (κ3) is 4.84. The molecule has 2 aromatic rings. The summed E-state index contributed by atoms with van der Waals surface area (Å²) in [6.45, 7) is 6.97. The molecule has 6 rings (SSSR count). The number of amidine groups is 1. The molecule has 4 aliphatic rings. The third-order valence-corrected chi connectivity index (χ3v) is 10.8. The van der Waals surface area contributed by atoms with Crippen LogP contribution in [0.2, 0.25) is 10.0 Å². The number of amides is 2. The number of nitrogens with zero attached hydrogens (tertiary/aromatic N) is 3. The van der Waals surface area contributed by atoms with Gasteiger partial charge in [-0.25, -0.2) is 19.4 Å². The fourth-order valence-corrected chi connectivity index (χ4v) is 8.91. The second-order valence-electron chi connectivity index (χ2n) is 12.2. The average molecular weight is 643 g/mol. The first kappa shape index (κ1) is 30.3. The number of imide groups is 1. The molecule has 2 amide bonds. The van der Waals surface area contributed by atoms with Crippen LogP contribution in [-0.4, -0.2) is 62.6 Å². The number of fused-ring (bicyclic) bond motifs is 1. The molecule has 226 valence electrons. The molecule has 2 aromatic carbocycles. The molecule has 0 bridgehead atoms. The Morgan fingerprint density at radius 3 is 2.28 bits per heavy atom. The van der Waals surface area contributed by atoms with E-state index in [1.54, 1.807) is 0 Å². The van der Waals surface area contributed by atoms with Crippen LogP contribution in [-0.2, 0) is 19.9 Å². The standard InChI is InChI=1S/C32H34Cl2N4O4S/c1-18(2)25-26(29(40)38(17-5-7-24(38)30(41)42)28(39)23-6-4-16-35-23)43-31-36-32(3,20-10-14-22(34)15-11-20)27(37(25)31)19-8-12-21(33)13-9-19/h8-15,18,23-24,27,35H,4-7,16-17H2,1-3H3/p+1/t23-,24-,27+,32-,38?/m0/s1. The van der Waals surface area contributed by atoms with Crippen molar-refractivity contribution in [2.24, 2.45) is 10.9 Å². The molecule has 5 atom stereocenters. The fourth-order valence-electron chi connectivity index (χ4n) is 7.25. The number of carboxylic acids is 1. The largest absolute Gasteiger partial charge is 0.477 e. The van der Waals surface area contributed by atoms with Crippen molar-refractivity contribution in [2.45, 2.75) is 70.1 Å². The van der Waals surface area contributed by atoms with Gasteiger partial charge in [-0.1, -0.05) is 61.3 Å². The number of thioether (sulfide) groups is 1. The van der Waals surface area contributed by atoms with Gasteiger partial charge in [0, 0.05) is 28.6 Å². The zero-order valence-corrected chi connectivity index (χ0v) is 26.7. The predicted molar refractivity (Wildman–Crippen MR) is 169 cm³/mol. The van der Waals surface area contributed by atoms with Crippen molar-refractivity contribution in [1.82, 2.24) is 10.2 Å². The normalized spacial score (nSPS) is 30.2. The number of carboxylic acid groups (broad SMARTS) is 1. The number of hydrogen-bond acceptors (Lipinski definition) is 7. The SMILES string of the molecule is CC(C)C1=C(C(=O)[N+]2(C(=O)[C@@H]3CCCN3)CCC[C@H]2C(=O)O)SC2=N[C@@](C)(c3ccc(Cl)cc3)[C@@H](c3ccc(Cl)cc3)N21. The highest BCUT2D eigenvalue weighted by Gasteiger charge is 2.63. The van der Waals surface area contributed by atoms with Crippen LogP contribution in [0.25, 0.3) is 0 Å². The lowest BCUT2D eigenvalue weighted by molar-refractivity contribution is -0.781. The number of aliphatic carboxylic acids is 1.